The summed E-state index contributed by atoms with van der Waals surface area (Å²) in [5, 5.41) is 21.0. The van der Waals surface area contributed by atoms with Crippen LogP contribution in [-0.2, 0) is 16.1 Å². The largest absolute Gasteiger partial charge is 0.395 e. The number of benzene rings is 1. The molecule has 25 heavy (non-hydrogen) atoms. The molecular weight excluding hydrogens is 320 g/mol. The molecule has 0 aromatic heterocycles. The molecule has 0 saturated heterocycles. The van der Waals surface area contributed by atoms with Crippen LogP contribution in [0.2, 0.25) is 0 Å². The first-order valence-corrected chi connectivity index (χ1v) is 8.46. The molecule has 0 radical (unpaired) electrons. The lowest BCUT2D eigenvalue weighted by atomic mass is 9.98. The van der Waals surface area contributed by atoms with Gasteiger partial charge in [0.1, 0.15) is 0 Å². The topological polar surface area (TPSA) is 89.9 Å². The van der Waals surface area contributed by atoms with Crippen molar-refractivity contribution in [3.05, 3.63) is 48.6 Å². The van der Waals surface area contributed by atoms with Crippen molar-refractivity contribution in [2.75, 3.05) is 19.8 Å². The van der Waals surface area contributed by atoms with E-state index >= 15 is 0 Å². The summed E-state index contributed by atoms with van der Waals surface area (Å²) in [6.07, 6.45) is 2.01. The Hall–Kier alpha value is -2.18. The van der Waals surface area contributed by atoms with Crippen LogP contribution in [0.1, 0.15) is 25.3 Å². The van der Waals surface area contributed by atoms with Crippen LogP contribution in [0.4, 0.5) is 0 Å². The first-order valence-electron chi connectivity index (χ1n) is 8.46. The summed E-state index contributed by atoms with van der Waals surface area (Å²) >= 11 is 0. The third kappa shape index (κ3) is 7.49. The summed E-state index contributed by atoms with van der Waals surface area (Å²) < 4.78 is 0. The van der Waals surface area contributed by atoms with Crippen LogP contribution >= 0.6 is 0 Å². The zero-order chi connectivity index (χ0) is 18.7. The predicted molar refractivity (Wildman–Crippen MR) is 96.6 cm³/mol. The Labute approximate surface area is 149 Å². The summed E-state index contributed by atoms with van der Waals surface area (Å²) in [7, 11) is 0. The van der Waals surface area contributed by atoms with E-state index in [0.29, 0.717) is 13.0 Å². The first-order chi connectivity index (χ1) is 12.0. The lowest BCUT2D eigenvalue weighted by molar-refractivity contribution is -0.137. The molecule has 0 spiro atoms. The summed E-state index contributed by atoms with van der Waals surface area (Å²) in [5.41, 5.74) is 0.961. The smallest absolute Gasteiger partial charge is 0.224 e. The highest BCUT2D eigenvalue weighted by Gasteiger charge is 2.24. The van der Waals surface area contributed by atoms with E-state index in [9.17, 15) is 14.7 Å². The van der Waals surface area contributed by atoms with Gasteiger partial charge in [0.2, 0.25) is 11.8 Å². The predicted octanol–water partition coefficient (Wildman–Crippen LogP) is 1.09. The molecular formula is C19H28N2O4. The quantitative estimate of drug-likeness (QED) is 0.522. The molecule has 0 unspecified atom stereocenters. The van der Waals surface area contributed by atoms with Gasteiger partial charge < -0.3 is 20.4 Å². The molecule has 138 valence electrons. The zero-order valence-corrected chi connectivity index (χ0v) is 14.7. The van der Waals surface area contributed by atoms with Crippen LogP contribution in [0.25, 0.3) is 0 Å². The summed E-state index contributed by atoms with van der Waals surface area (Å²) in [4.78, 5) is 26.5. The lowest BCUT2D eigenvalue weighted by Crippen LogP contribution is -2.41. The number of hydrogen-bond donors (Lipinski definition) is 3. The van der Waals surface area contributed by atoms with E-state index in [0.717, 1.165) is 5.56 Å². The van der Waals surface area contributed by atoms with Gasteiger partial charge in [-0.15, -0.1) is 6.58 Å². The second kappa shape index (κ2) is 11.4. The summed E-state index contributed by atoms with van der Waals surface area (Å²) in [6, 6.07) is 9.13. The maximum atomic E-state index is 12.6. The average Bonchev–Trinajstić information content (AvgIpc) is 2.61. The molecule has 1 rings (SSSR count). The molecule has 3 N–H and O–H groups in total. The summed E-state index contributed by atoms with van der Waals surface area (Å²) in [5.74, 6) is -1.02. The number of hydrogen-bond acceptors (Lipinski definition) is 4. The Bertz CT molecular complexity index is 548. The van der Waals surface area contributed by atoms with Crippen molar-refractivity contribution in [2.45, 2.75) is 32.4 Å². The Morgan fingerprint density at radius 2 is 1.96 bits per heavy atom. The fourth-order valence-corrected chi connectivity index (χ4v) is 2.45. The van der Waals surface area contributed by atoms with Gasteiger partial charge in [-0.2, -0.15) is 0 Å². The third-order valence-corrected chi connectivity index (χ3v) is 3.84. The molecule has 0 aliphatic heterocycles. The Morgan fingerprint density at radius 3 is 2.52 bits per heavy atom. The highest BCUT2D eigenvalue weighted by molar-refractivity contribution is 5.86. The highest BCUT2D eigenvalue weighted by atomic mass is 16.3. The number of aliphatic hydroxyl groups is 2. The molecule has 0 aliphatic rings. The van der Waals surface area contributed by atoms with Gasteiger partial charge in [-0.3, -0.25) is 9.59 Å². The minimum atomic E-state index is -0.545. The number of rotatable bonds is 11. The van der Waals surface area contributed by atoms with Crippen molar-refractivity contribution in [3.8, 4) is 0 Å². The highest BCUT2D eigenvalue weighted by Crippen LogP contribution is 2.14. The number of allylic oxidation sites excluding steroid dienone is 1. The van der Waals surface area contributed by atoms with Crippen molar-refractivity contribution in [2.24, 2.45) is 5.92 Å². The molecule has 0 fully saturated rings. The Kier molecular flexibility index (Phi) is 9.50. The van der Waals surface area contributed by atoms with Crippen LogP contribution in [0.15, 0.2) is 43.0 Å². The van der Waals surface area contributed by atoms with Crippen molar-refractivity contribution >= 4 is 11.8 Å². The number of nitrogens with one attached hydrogen (secondary N) is 1. The van der Waals surface area contributed by atoms with Gasteiger partial charge in [0.25, 0.3) is 0 Å². The molecule has 1 aromatic rings. The number of amides is 2. The molecule has 0 heterocycles. The molecule has 2 atom stereocenters. The van der Waals surface area contributed by atoms with E-state index in [1.54, 1.807) is 17.9 Å². The second-order valence-electron chi connectivity index (χ2n) is 6.04. The SMILES string of the molecule is C=CC[C@@H](CC(=O)N(CCO)Cc1ccccc1)C(=O)N[C@@H](C)CO. The normalized spacial score (nSPS) is 12.9. The molecule has 2 amide bonds. The molecule has 6 nitrogen and oxygen atoms in total. The minimum Gasteiger partial charge on any atom is -0.395 e. The van der Waals surface area contributed by atoms with Gasteiger partial charge >= 0.3 is 0 Å². The first kappa shape index (κ1) is 20.9. The maximum Gasteiger partial charge on any atom is 0.224 e. The molecule has 0 bridgehead atoms. The van der Waals surface area contributed by atoms with E-state index in [-0.39, 0.29) is 44.0 Å². The third-order valence-electron chi connectivity index (χ3n) is 3.84. The molecule has 6 heteroatoms. The van der Waals surface area contributed by atoms with Crippen molar-refractivity contribution in [3.63, 3.8) is 0 Å². The van der Waals surface area contributed by atoms with Gasteiger partial charge in [0.15, 0.2) is 0 Å². The molecule has 1 aromatic carbocycles. The van der Waals surface area contributed by atoms with Crippen LogP contribution in [0.3, 0.4) is 0 Å². The number of aliphatic hydroxyl groups excluding tert-OH is 2. The fourth-order valence-electron chi connectivity index (χ4n) is 2.45. The molecule has 0 saturated carbocycles. The van der Waals surface area contributed by atoms with Gasteiger partial charge in [-0.1, -0.05) is 36.4 Å². The van der Waals surface area contributed by atoms with Crippen LogP contribution in [0, 0.1) is 5.92 Å². The van der Waals surface area contributed by atoms with E-state index in [1.807, 2.05) is 30.3 Å². The number of carbonyl (C=O) groups is 2. The lowest BCUT2D eigenvalue weighted by Gasteiger charge is -2.25. The average molecular weight is 348 g/mol. The van der Waals surface area contributed by atoms with Gasteiger partial charge in [0, 0.05) is 25.6 Å². The zero-order valence-electron chi connectivity index (χ0n) is 14.7. The number of carbonyl (C=O) groups excluding carboxylic acids is 2. The van der Waals surface area contributed by atoms with Gasteiger partial charge in [-0.25, -0.2) is 0 Å². The van der Waals surface area contributed by atoms with E-state index < -0.39 is 5.92 Å². The van der Waals surface area contributed by atoms with Crippen molar-refractivity contribution in [1.82, 2.24) is 10.2 Å². The Balaban J connectivity index is 2.76. The standard InChI is InChI=1S/C19H28N2O4/c1-3-7-17(19(25)20-15(2)14-23)12-18(24)21(10-11-22)13-16-8-5-4-6-9-16/h3-6,8-9,15,17,22-23H,1,7,10-14H2,2H3,(H,20,25)/t15-,17-/m0/s1. The van der Waals surface area contributed by atoms with Crippen molar-refractivity contribution in [1.29, 1.82) is 0 Å². The van der Waals surface area contributed by atoms with E-state index in [2.05, 4.69) is 11.9 Å². The van der Waals surface area contributed by atoms with Crippen LogP contribution < -0.4 is 5.32 Å². The Morgan fingerprint density at radius 1 is 1.28 bits per heavy atom. The van der Waals surface area contributed by atoms with E-state index in [1.165, 1.54) is 0 Å². The van der Waals surface area contributed by atoms with Gasteiger partial charge in [-0.05, 0) is 18.9 Å². The minimum absolute atomic E-state index is 0.0306. The van der Waals surface area contributed by atoms with Crippen LogP contribution in [0.5, 0.6) is 0 Å². The molecule has 0 aliphatic carbocycles. The number of nitrogens with zero attached hydrogens (tertiary/aromatic N) is 1. The second-order valence-corrected chi connectivity index (χ2v) is 6.04. The fraction of sp³-hybridized carbons (Fsp3) is 0.474. The maximum absolute atomic E-state index is 12.6. The summed E-state index contributed by atoms with van der Waals surface area (Å²) in [6.45, 7) is 5.63. The monoisotopic (exact) mass is 348 g/mol. The van der Waals surface area contributed by atoms with Crippen molar-refractivity contribution < 1.29 is 19.8 Å². The van der Waals surface area contributed by atoms with Crippen LogP contribution in [-0.4, -0.2) is 52.7 Å². The van der Waals surface area contributed by atoms with E-state index in [4.69, 9.17) is 5.11 Å². The van der Waals surface area contributed by atoms with Gasteiger partial charge in [0.05, 0.1) is 19.1 Å².